The van der Waals surface area contributed by atoms with Gasteiger partial charge >= 0.3 is 11.9 Å². The van der Waals surface area contributed by atoms with Crippen LogP contribution in [0.2, 0.25) is 0 Å². The van der Waals surface area contributed by atoms with Gasteiger partial charge in [-0.2, -0.15) is 0 Å². The molecule has 0 saturated carbocycles. The van der Waals surface area contributed by atoms with E-state index in [1.807, 2.05) is 0 Å². The number of rotatable bonds is 18. The summed E-state index contributed by atoms with van der Waals surface area (Å²) in [5.74, 6) is -1.13. The molecule has 0 radical (unpaired) electrons. The molecule has 180 valence electrons. The largest absolute Gasteiger partial charge is 0.465 e. The highest BCUT2D eigenvalue weighted by molar-refractivity contribution is 5.89. The molecule has 3 atom stereocenters. The summed E-state index contributed by atoms with van der Waals surface area (Å²) >= 11 is 0. The topological polar surface area (TPSA) is 61.8 Å². The molecule has 2 heterocycles. The van der Waals surface area contributed by atoms with Gasteiger partial charge in [-0.05, 0) is 32.1 Å². The second-order valence-corrected chi connectivity index (χ2v) is 9.50. The number of carbonyl (C=O) groups is 2. The minimum atomic E-state index is -1.09. The third kappa shape index (κ3) is 8.40. The van der Waals surface area contributed by atoms with Gasteiger partial charge in [0, 0.05) is 0 Å². The second kappa shape index (κ2) is 14.9. The molecular formula is C26H46O5. The maximum absolute atomic E-state index is 12.9. The number of hydrogen-bond acceptors (Lipinski definition) is 5. The zero-order valence-electron chi connectivity index (χ0n) is 20.1. The van der Waals surface area contributed by atoms with E-state index < -0.39 is 11.5 Å². The fraction of sp³-hybridized carbons (Fsp3) is 0.923. The summed E-state index contributed by atoms with van der Waals surface area (Å²) in [4.78, 5) is 25.6. The van der Waals surface area contributed by atoms with Gasteiger partial charge in [0.2, 0.25) is 0 Å². The SMILES string of the molecule is CCCCCCCCCOC(=O)C1CC2CCC1(C(=O)OCCCCCCCCC)O2. The molecule has 31 heavy (non-hydrogen) atoms. The third-order valence-corrected chi connectivity index (χ3v) is 6.88. The van der Waals surface area contributed by atoms with E-state index in [1.54, 1.807) is 0 Å². The van der Waals surface area contributed by atoms with E-state index in [0.29, 0.717) is 26.1 Å². The lowest BCUT2D eigenvalue weighted by Gasteiger charge is -2.29. The Labute approximate surface area is 190 Å². The number of unbranched alkanes of at least 4 members (excludes halogenated alkanes) is 12. The van der Waals surface area contributed by atoms with Crippen LogP contribution in [0.4, 0.5) is 0 Å². The summed E-state index contributed by atoms with van der Waals surface area (Å²) < 4.78 is 17.1. The van der Waals surface area contributed by atoms with Crippen molar-refractivity contribution in [1.29, 1.82) is 0 Å². The van der Waals surface area contributed by atoms with Gasteiger partial charge in [-0.3, -0.25) is 4.79 Å². The van der Waals surface area contributed by atoms with Crippen LogP contribution in [0.1, 0.15) is 123 Å². The van der Waals surface area contributed by atoms with Crippen molar-refractivity contribution in [3.8, 4) is 0 Å². The van der Waals surface area contributed by atoms with Gasteiger partial charge in [0.25, 0.3) is 0 Å². The van der Waals surface area contributed by atoms with Crippen molar-refractivity contribution >= 4 is 11.9 Å². The van der Waals surface area contributed by atoms with Crippen molar-refractivity contribution < 1.29 is 23.8 Å². The predicted molar refractivity (Wildman–Crippen MR) is 123 cm³/mol. The molecule has 3 unspecified atom stereocenters. The van der Waals surface area contributed by atoms with Gasteiger partial charge < -0.3 is 14.2 Å². The lowest BCUT2D eigenvalue weighted by Crippen LogP contribution is -2.47. The van der Waals surface area contributed by atoms with Crippen LogP contribution in [-0.4, -0.2) is 36.9 Å². The van der Waals surface area contributed by atoms with E-state index in [1.165, 1.54) is 64.2 Å². The Morgan fingerprint density at radius 3 is 1.84 bits per heavy atom. The molecule has 0 aromatic heterocycles. The van der Waals surface area contributed by atoms with Gasteiger partial charge in [-0.25, -0.2) is 4.79 Å². The van der Waals surface area contributed by atoms with E-state index >= 15 is 0 Å². The zero-order valence-corrected chi connectivity index (χ0v) is 20.1. The normalized spacial score (nSPS) is 24.5. The highest BCUT2D eigenvalue weighted by atomic mass is 16.6. The van der Waals surface area contributed by atoms with Gasteiger partial charge in [0.1, 0.15) is 0 Å². The van der Waals surface area contributed by atoms with Crippen LogP contribution < -0.4 is 0 Å². The lowest BCUT2D eigenvalue weighted by molar-refractivity contribution is -0.176. The summed E-state index contributed by atoms with van der Waals surface area (Å²) in [6.45, 7) is 5.30. The number of fused-ring (bicyclic) bond motifs is 2. The van der Waals surface area contributed by atoms with Gasteiger partial charge in [0.15, 0.2) is 5.60 Å². The summed E-state index contributed by atoms with van der Waals surface area (Å²) in [5.41, 5.74) is -1.09. The number of carbonyl (C=O) groups excluding carboxylic acids is 2. The Bertz CT molecular complexity index is 520. The summed E-state index contributed by atoms with van der Waals surface area (Å²) in [5, 5.41) is 0. The van der Waals surface area contributed by atoms with Gasteiger partial charge in [-0.1, -0.05) is 90.9 Å². The molecular weight excluding hydrogens is 392 g/mol. The van der Waals surface area contributed by atoms with Crippen molar-refractivity contribution in [2.24, 2.45) is 5.92 Å². The van der Waals surface area contributed by atoms with Crippen molar-refractivity contribution in [2.75, 3.05) is 13.2 Å². The summed E-state index contributed by atoms with van der Waals surface area (Å²) in [7, 11) is 0. The standard InChI is InChI=1S/C26H46O5/c1-3-5-7-9-11-13-15-19-29-24(27)23-21-22-17-18-26(23,31-22)25(28)30-20-16-14-12-10-8-6-4-2/h22-23H,3-21H2,1-2H3. The monoisotopic (exact) mass is 438 g/mol. The third-order valence-electron chi connectivity index (χ3n) is 6.88. The molecule has 2 fully saturated rings. The molecule has 2 aliphatic heterocycles. The molecule has 2 bridgehead atoms. The number of ether oxygens (including phenoxy) is 3. The van der Waals surface area contributed by atoms with Crippen LogP contribution >= 0.6 is 0 Å². The molecule has 0 aliphatic carbocycles. The minimum Gasteiger partial charge on any atom is -0.465 e. The van der Waals surface area contributed by atoms with E-state index in [0.717, 1.165) is 32.1 Å². The fourth-order valence-electron chi connectivity index (χ4n) is 4.92. The first-order valence-corrected chi connectivity index (χ1v) is 13.2. The van der Waals surface area contributed by atoms with Crippen LogP contribution in [0.3, 0.4) is 0 Å². The first kappa shape index (κ1) is 26.2. The van der Waals surface area contributed by atoms with E-state index in [-0.39, 0.29) is 18.0 Å². The summed E-state index contributed by atoms with van der Waals surface area (Å²) in [6.07, 6.45) is 18.5. The Hall–Kier alpha value is -1.10. The van der Waals surface area contributed by atoms with E-state index in [2.05, 4.69) is 13.8 Å². The number of hydrogen-bond donors (Lipinski definition) is 0. The average molecular weight is 439 g/mol. The van der Waals surface area contributed by atoms with Crippen molar-refractivity contribution in [3.63, 3.8) is 0 Å². The lowest BCUT2D eigenvalue weighted by atomic mass is 9.78. The predicted octanol–water partition coefficient (Wildman–Crippen LogP) is 6.51. The minimum absolute atomic E-state index is 0.0118. The molecule has 5 heteroatoms. The molecule has 0 aromatic rings. The zero-order chi connectivity index (χ0) is 22.4. The highest BCUT2D eigenvalue weighted by Gasteiger charge is 2.62. The van der Waals surface area contributed by atoms with Crippen molar-refractivity contribution in [1.82, 2.24) is 0 Å². The molecule has 2 aliphatic rings. The van der Waals surface area contributed by atoms with E-state index in [4.69, 9.17) is 14.2 Å². The maximum atomic E-state index is 12.9. The van der Waals surface area contributed by atoms with E-state index in [9.17, 15) is 9.59 Å². The maximum Gasteiger partial charge on any atom is 0.339 e. The van der Waals surface area contributed by atoms with Gasteiger partial charge in [-0.15, -0.1) is 0 Å². The molecule has 2 rings (SSSR count). The Morgan fingerprint density at radius 2 is 1.29 bits per heavy atom. The second-order valence-electron chi connectivity index (χ2n) is 9.50. The Kier molecular flexibility index (Phi) is 12.5. The van der Waals surface area contributed by atoms with Crippen LogP contribution in [0, 0.1) is 5.92 Å². The fourth-order valence-corrected chi connectivity index (χ4v) is 4.92. The Morgan fingerprint density at radius 1 is 0.774 bits per heavy atom. The molecule has 0 amide bonds. The quantitative estimate of drug-likeness (QED) is 0.180. The van der Waals surface area contributed by atoms with Crippen LogP contribution in [0.15, 0.2) is 0 Å². The Balaban J connectivity index is 1.65. The van der Waals surface area contributed by atoms with Crippen LogP contribution in [0.5, 0.6) is 0 Å². The van der Waals surface area contributed by atoms with Crippen LogP contribution in [-0.2, 0) is 23.8 Å². The average Bonchev–Trinajstić information content (AvgIpc) is 3.37. The highest BCUT2D eigenvalue weighted by Crippen LogP contribution is 2.49. The van der Waals surface area contributed by atoms with Crippen LogP contribution in [0.25, 0.3) is 0 Å². The number of esters is 2. The first-order chi connectivity index (χ1) is 15.1. The summed E-state index contributed by atoms with van der Waals surface area (Å²) in [6, 6.07) is 0. The van der Waals surface area contributed by atoms with Crippen molar-refractivity contribution in [2.45, 2.75) is 135 Å². The molecule has 5 nitrogen and oxygen atoms in total. The molecule has 0 spiro atoms. The van der Waals surface area contributed by atoms with Crippen molar-refractivity contribution in [3.05, 3.63) is 0 Å². The molecule has 2 saturated heterocycles. The molecule has 0 N–H and O–H groups in total. The van der Waals surface area contributed by atoms with Gasteiger partial charge in [0.05, 0.1) is 25.2 Å². The molecule has 0 aromatic carbocycles. The first-order valence-electron chi connectivity index (χ1n) is 13.2. The smallest absolute Gasteiger partial charge is 0.339 e.